The predicted molar refractivity (Wildman–Crippen MR) is 99.5 cm³/mol. The van der Waals surface area contributed by atoms with Crippen molar-refractivity contribution in [1.82, 2.24) is 4.57 Å². The fraction of sp³-hybridized carbons (Fsp3) is 0.368. The second-order valence-corrected chi connectivity index (χ2v) is 6.69. The minimum atomic E-state index is -4.70. The molecule has 1 heterocycles. The fourth-order valence-corrected chi connectivity index (χ4v) is 3.04. The first-order chi connectivity index (χ1) is 13.0. The van der Waals surface area contributed by atoms with Crippen LogP contribution < -0.4 is 5.32 Å². The molecule has 28 heavy (non-hydrogen) atoms. The summed E-state index contributed by atoms with van der Waals surface area (Å²) in [7, 11) is 0. The van der Waals surface area contributed by atoms with Gasteiger partial charge in [-0.2, -0.15) is 13.2 Å². The largest absolute Gasteiger partial charge is 0.449 e. The van der Waals surface area contributed by atoms with Crippen molar-refractivity contribution in [2.45, 2.75) is 46.5 Å². The highest BCUT2D eigenvalue weighted by Crippen LogP contribution is 2.36. The van der Waals surface area contributed by atoms with Crippen molar-refractivity contribution < 1.29 is 27.5 Å². The Labute approximate surface area is 165 Å². The number of nitrogens with zero attached hydrogens (tertiary/aromatic N) is 1. The van der Waals surface area contributed by atoms with E-state index in [-0.39, 0.29) is 5.02 Å². The van der Waals surface area contributed by atoms with Crippen LogP contribution in [-0.4, -0.2) is 22.5 Å². The Morgan fingerprint density at radius 3 is 2.43 bits per heavy atom. The number of ether oxygens (including phenoxy) is 1. The number of benzene rings is 1. The van der Waals surface area contributed by atoms with Gasteiger partial charge in [-0.3, -0.25) is 4.79 Å². The SMILES string of the molecule is CCn1c(C)cc(C(=O)O[C@@H](C)C(=O)Nc2ccc(Cl)cc2C(F)(F)F)c1C. The van der Waals surface area contributed by atoms with E-state index in [0.717, 1.165) is 11.8 Å². The Morgan fingerprint density at radius 1 is 1.25 bits per heavy atom. The van der Waals surface area contributed by atoms with Gasteiger partial charge in [0.25, 0.3) is 5.91 Å². The van der Waals surface area contributed by atoms with Gasteiger partial charge < -0.3 is 14.6 Å². The van der Waals surface area contributed by atoms with E-state index in [1.54, 1.807) is 13.0 Å². The van der Waals surface area contributed by atoms with Gasteiger partial charge in [-0.1, -0.05) is 11.6 Å². The van der Waals surface area contributed by atoms with Gasteiger partial charge in [-0.05, 0) is 52.0 Å². The first-order valence-electron chi connectivity index (χ1n) is 8.51. The zero-order valence-corrected chi connectivity index (χ0v) is 16.5. The average molecular weight is 417 g/mol. The maximum Gasteiger partial charge on any atom is 0.418 e. The van der Waals surface area contributed by atoms with Crippen molar-refractivity contribution in [3.05, 3.63) is 51.8 Å². The molecule has 0 aliphatic heterocycles. The average Bonchev–Trinajstić information content (AvgIpc) is 2.89. The van der Waals surface area contributed by atoms with Crippen molar-refractivity contribution in [2.75, 3.05) is 5.32 Å². The van der Waals surface area contributed by atoms with Crippen molar-refractivity contribution >= 4 is 29.2 Å². The monoisotopic (exact) mass is 416 g/mol. The summed E-state index contributed by atoms with van der Waals surface area (Å²) in [6.07, 6.45) is -6.00. The molecule has 1 aromatic heterocycles. The molecule has 0 bridgehead atoms. The van der Waals surface area contributed by atoms with Gasteiger partial charge in [0, 0.05) is 23.0 Å². The van der Waals surface area contributed by atoms with Crippen LogP contribution in [0.3, 0.4) is 0 Å². The Hall–Kier alpha value is -2.48. The number of carbonyl (C=O) groups excluding carboxylic acids is 2. The van der Waals surface area contributed by atoms with E-state index in [1.807, 2.05) is 18.4 Å². The summed E-state index contributed by atoms with van der Waals surface area (Å²) >= 11 is 5.62. The summed E-state index contributed by atoms with van der Waals surface area (Å²) in [6.45, 7) is 7.46. The van der Waals surface area contributed by atoms with Gasteiger partial charge in [0.05, 0.1) is 16.8 Å². The van der Waals surface area contributed by atoms with E-state index >= 15 is 0 Å². The number of halogens is 4. The highest BCUT2D eigenvalue weighted by molar-refractivity contribution is 6.30. The molecule has 0 radical (unpaired) electrons. The first kappa shape index (κ1) is 21.8. The third kappa shape index (κ3) is 4.67. The van der Waals surface area contributed by atoms with Crippen LogP contribution in [0.4, 0.5) is 18.9 Å². The maximum atomic E-state index is 13.1. The molecule has 0 saturated carbocycles. The Kier molecular flexibility index (Phi) is 6.44. The molecule has 0 fully saturated rings. The number of esters is 1. The van der Waals surface area contributed by atoms with Crippen LogP contribution in [0.15, 0.2) is 24.3 Å². The minimum Gasteiger partial charge on any atom is -0.449 e. The molecule has 5 nitrogen and oxygen atoms in total. The summed E-state index contributed by atoms with van der Waals surface area (Å²) in [4.78, 5) is 24.6. The van der Waals surface area contributed by atoms with Crippen LogP contribution in [0.1, 0.15) is 41.2 Å². The summed E-state index contributed by atoms with van der Waals surface area (Å²) in [5, 5.41) is 2.03. The lowest BCUT2D eigenvalue weighted by molar-refractivity contribution is -0.137. The molecular formula is C19H20ClF3N2O3. The number of carbonyl (C=O) groups is 2. The second-order valence-electron chi connectivity index (χ2n) is 6.25. The molecule has 0 unspecified atom stereocenters. The van der Waals surface area contributed by atoms with Gasteiger partial charge in [-0.25, -0.2) is 4.79 Å². The second kappa shape index (κ2) is 8.26. The van der Waals surface area contributed by atoms with Crippen LogP contribution in [0.2, 0.25) is 5.02 Å². The number of hydrogen-bond donors (Lipinski definition) is 1. The standard InChI is InChI=1S/C19H20ClF3N2O3/c1-5-25-10(2)8-14(11(25)3)18(27)28-12(4)17(26)24-16-7-6-13(20)9-15(16)19(21,22)23/h6-9,12H,5H2,1-4H3,(H,24,26)/t12-/m0/s1. The van der Waals surface area contributed by atoms with Gasteiger partial charge >= 0.3 is 12.1 Å². The molecule has 1 aromatic carbocycles. The highest BCUT2D eigenvalue weighted by Gasteiger charge is 2.35. The number of rotatable bonds is 5. The van der Waals surface area contributed by atoms with Crippen LogP contribution >= 0.6 is 11.6 Å². The molecule has 0 saturated heterocycles. The van der Waals surface area contributed by atoms with Crippen LogP contribution in [0.25, 0.3) is 0 Å². The van der Waals surface area contributed by atoms with Gasteiger partial charge in [-0.15, -0.1) is 0 Å². The topological polar surface area (TPSA) is 60.3 Å². The summed E-state index contributed by atoms with van der Waals surface area (Å²) in [6, 6.07) is 4.63. The van der Waals surface area contributed by atoms with Crippen LogP contribution in [-0.2, 0) is 22.3 Å². The molecule has 0 spiro atoms. The van der Waals surface area contributed by atoms with Gasteiger partial charge in [0.2, 0.25) is 0 Å². The molecule has 0 aliphatic rings. The number of amides is 1. The number of nitrogens with one attached hydrogen (secondary N) is 1. The van der Waals surface area contributed by atoms with Gasteiger partial charge in [0.15, 0.2) is 6.10 Å². The lowest BCUT2D eigenvalue weighted by atomic mass is 10.1. The van der Waals surface area contributed by atoms with E-state index in [1.165, 1.54) is 13.0 Å². The molecule has 2 aromatic rings. The normalized spacial score (nSPS) is 12.6. The summed E-state index contributed by atoms with van der Waals surface area (Å²) in [5.74, 6) is -1.60. The third-order valence-electron chi connectivity index (χ3n) is 4.31. The number of aryl methyl sites for hydroxylation is 1. The van der Waals surface area contributed by atoms with Crippen molar-refractivity contribution in [3.63, 3.8) is 0 Å². The summed E-state index contributed by atoms with van der Waals surface area (Å²) < 4.78 is 46.4. The van der Waals surface area contributed by atoms with E-state index in [2.05, 4.69) is 5.32 Å². The molecule has 1 N–H and O–H groups in total. The Bertz CT molecular complexity index is 907. The number of alkyl halides is 3. The molecular weight excluding hydrogens is 397 g/mol. The van der Waals surface area contributed by atoms with E-state index < -0.39 is 35.4 Å². The first-order valence-corrected chi connectivity index (χ1v) is 8.88. The van der Waals surface area contributed by atoms with Crippen LogP contribution in [0.5, 0.6) is 0 Å². The lowest BCUT2D eigenvalue weighted by Crippen LogP contribution is -2.31. The minimum absolute atomic E-state index is 0.115. The zero-order chi connectivity index (χ0) is 21.2. The molecule has 0 aliphatic carbocycles. The van der Waals surface area contributed by atoms with Crippen molar-refractivity contribution in [1.29, 1.82) is 0 Å². The summed E-state index contributed by atoms with van der Waals surface area (Å²) in [5.41, 5.74) is 0.309. The molecule has 2 rings (SSSR count). The van der Waals surface area contributed by atoms with Gasteiger partial charge in [0.1, 0.15) is 0 Å². The highest BCUT2D eigenvalue weighted by atomic mass is 35.5. The maximum absolute atomic E-state index is 13.1. The third-order valence-corrected chi connectivity index (χ3v) is 4.54. The van der Waals surface area contributed by atoms with E-state index in [0.29, 0.717) is 23.9 Å². The van der Waals surface area contributed by atoms with E-state index in [4.69, 9.17) is 16.3 Å². The predicted octanol–water partition coefficient (Wildman–Crippen LogP) is 4.98. The smallest absolute Gasteiger partial charge is 0.418 e. The van der Waals surface area contributed by atoms with Crippen LogP contribution in [0, 0.1) is 13.8 Å². The van der Waals surface area contributed by atoms with E-state index in [9.17, 15) is 22.8 Å². The molecule has 1 amide bonds. The molecule has 9 heteroatoms. The number of anilines is 1. The van der Waals surface area contributed by atoms with Crippen molar-refractivity contribution in [3.8, 4) is 0 Å². The molecule has 1 atom stereocenters. The molecule has 152 valence electrons. The Morgan fingerprint density at radius 2 is 1.89 bits per heavy atom. The Balaban J connectivity index is 2.15. The number of hydrogen-bond acceptors (Lipinski definition) is 3. The quantitative estimate of drug-likeness (QED) is 0.699. The lowest BCUT2D eigenvalue weighted by Gasteiger charge is -2.17. The number of aromatic nitrogens is 1. The fourth-order valence-electron chi connectivity index (χ4n) is 2.87. The van der Waals surface area contributed by atoms with Crippen molar-refractivity contribution in [2.24, 2.45) is 0 Å². The zero-order valence-electron chi connectivity index (χ0n) is 15.8.